The van der Waals surface area contributed by atoms with E-state index >= 15 is 0 Å². The van der Waals surface area contributed by atoms with Crippen molar-refractivity contribution in [2.24, 2.45) is 0 Å². The first-order valence-corrected chi connectivity index (χ1v) is 14.0. The number of amides is 4. The van der Waals surface area contributed by atoms with E-state index in [4.69, 9.17) is 4.74 Å². The zero-order valence-corrected chi connectivity index (χ0v) is 23.1. The number of rotatable bonds is 3. The minimum absolute atomic E-state index is 0.0266. The van der Waals surface area contributed by atoms with Gasteiger partial charge < -0.3 is 30.5 Å². The summed E-state index contributed by atoms with van der Waals surface area (Å²) in [5.74, 6) is -0.868. The van der Waals surface area contributed by atoms with Gasteiger partial charge in [0.15, 0.2) is 0 Å². The lowest BCUT2D eigenvalue weighted by Crippen LogP contribution is -2.51. The van der Waals surface area contributed by atoms with Crippen LogP contribution in [0.1, 0.15) is 41.6 Å². The highest BCUT2D eigenvalue weighted by atomic mass is 16.5. The lowest BCUT2D eigenvalue weighted by atomic mass is 10.0. The Bertz CT molecular complexity index is 1170. The fraction of sp³-hybridized carbons (Fsp3) is 0.467. The van der Waals surface area contributed by atoms with E-state index in [1.54, 1.807) is 29.2 Å². The zero-order chi connectivity index (χ0) is 28.3. The summed E-state index contributed by atoms with van der Waals surface area (Å²) in [6, 6.07) is 14.7. The maximum absolute atomic E-state index is 13.6. The molecule has 3 N–H and O–H groups in total. The third-order valence-electron chi connectivity index (χ3n) is 7.24. The molecule has 1 fully saturated rings. The van der Waals surface area contributed by atoms with Crippen LogP contribution < -0.4 is 20.7 Å². The van der Waals surface area contributed by atoms with Crippen LogP contribution in [0.5, 0.6) is 5.75 Å². The lowest BCUT2D eigenvalue weighted by molar-refractivity contribution is -0.134. The van der Waals surface area contributed by atoms with Gasteiger partial charge in [-0.1, -0.05) is 42.5 Å². The number of ether oxygens (including phenoxy) is 1. The summed E-state index contributed by atoms with van der Waals surface area (Å²) in [5, 5.41) is 8.62. The number of hydrogen-bond donors (Lipinski definition) is 3. The van der Waals surface area contributed by atoms with Crippen LogP contribution in [-0.2, 0) is 20.8 Å². The molecule has 40 heavy (non-hydrogen) atoms. The molecule has 0 aromatic heterocycles. The first-order valence-electron chi connectivity index (χ1n) is 14.0. The number of carbonyl (C=O) groups excluding carboxylic acids is 4. The van der Waals surface area contributed by atoms with Crippen molar-refractivity contribution in [2.45, 2.75) is 44.2 Å². The monoisotopic (exact) mass is 549 g/mol. The number of hydrogen-bond acceptors (Lipinski definition) is 6. The molecule has 0 spiro atoms. The standard InChI is InChI=1S/C30H39N5O5/c1-34-16-8-17-35(19-18-34)30(39)24-13-14-27(36)32-25(21-22-9-3-2-4-10-22)29(38)31-15-7-20-40-26-12-6-5-11-23(26)28(37)33-24/h2-6,9-12,24-25H,7-8,13-21H2,1H3,(H,31,38)(H,32,36)(H,33,37)/t24-,25-/m0/s1. The molecule has 2 atom stereocenters. The first kappa shape index (κ1) is 29.1. The second-order valence-electron chi connectivity index (χ2n) is 10.3. The second kappa shape index (κ2) is 14.5. The van der Waals surface area contributed by atoms with Crippen molar-refractivity contribution in [1.82, 2.24) is 25.8 Å². The quantitative estimate of drug-likeness (QED) is 0.532. The van der Waals surface area contributed by atoms with Gasteiger partial charge in [0.2, 0.25) is 17.7 Å². The van der Waals surface area contributed by atoms with Crippen molar-refractivity contribution in [3.8, 4) is 5.75 Å². The fourth-order valence-corrected chi connectivity index (χ4v) is 4.95. The van der Waals surface area contributed by atoms with Gasteiger partial charge in [0, 0.05) is 39.0 Å². The minimum atomic E-state index is -0.899. The van der Waals surface area contributed by atoms with Crippen LogP contribution in [0.2, 0.25) is 0 Å². The molecule has 1 saturated heterocycles. The Labute approximate surface area is 235 Å². The summed E-state index contributed by atoms with van der Waals surface area (Å²) < 4.78 is 5.89. The summed E-state index contributed by atoms with van der Waals surface area (Å²) in [4.78, 5) is 57.1. The van der Waals surface area contributed by atoms with Gasteiger partial charge in [-0.3, -0.25) is 19.2 Å². The molecule has 10 nitrogen and oxygen atoms in total. The average Bonchev–Trinajstić information content (AvgIpc) is 3.18. The van der Waals surface area contributed by atoms with Crippen LogP contribution in [-0.4, -0.2) is 91.9 Å². The Morgan fingerprint density at radius 3 is 2.52 bits per heavy atom. The molecular formula is C30H39N5O5. The number of carbonyl (C=O) groups is 4. The summed E-state index contributed by atoms with van der Waals surface area (Å²) in [6.07, 6.45) is 1.75. The second-order valence-corrected chi connectivity index (χ2v) is 10.3. The Hall–Kier alpha value is -3.92. The Morgan fingerprint density at radius 2 is 1.70 bits per heavy atom. The van der Waals surface area contributed by atoms with E-state index in [0.29, 0.717) is 43.8 Å². The van der Waals surface area contributed by atoms with Crippen LogP contribution >= 0.6 is 0 Å². The maximum atomic E-state index is 13.6. The van der Waals surface area contributed by atoms with Gasteiger partial charge in [-0.25, -0.2) is 0 Å². The number of benzene rings is 2. The summed E-state index contributed by atoms with van der Waals surface area (Å²) >= 11 is 0. The zero-order valence-electron chi connectivity index (χ0n) is 23.1. The van der Waals surface area contributed by atoms with Crippen molar-refractivity contribution < 1.29 is 23.9 Å². The molecule has 0 unspecified atom stereocenters. The van der Waals surface area contributed by atoms with E-state index in [-0.39, 0.29) is 37.2 Å². The summed E-state index contributed by atoms with van der Waals surface area (Å²) in [6.45, 7) is 3.40. The molecule has 2 aliphatic heterocycles. The predicted octanol–water partition coefficient (Wildman–Crippen LogP) is 1.36. The highest BCUT2D eigenvalue weighted by Crippen LogP contribution is 2.19. The number of para-hydroxylation sites is 1. The van der Waals surface area contributed by atoms with Crippen LogP contribution in [0.4, 0.5) is 0 Å². The van der Waals surface area contributed by atoms with E-state index in [9.17, 15) is 19.2 Å². The van der Waals surface area contributed by atoms with Crippen molar-refractivity contribution >= 4 is 23.6 Å². The number of likely N-dealkylation sites (N-methyl/N-ethyl adjacent to an activating group) is 1. The highest BCUT2D eigenvalue weighted by molar-refractivity contribution is 5.99. The Kier molecular flexibility index (Phi) is 10.5. The third-order valence-corrected chi connectivity index (χ3v) is 7.24. The first-order chi connectivity index (χ1) is 19.4. The van der Waals surface area contributed by atoms with Gasteiger partial charge in [-0.15, -0.1) is 0 Å². The van der Waals surface area contributed by atoms with Crippen molar-refractivity contribution in [3.63, 3.8) is 0 Å². The molecule has 214 valence electrons. The van der Waals surface area contributed by atoms with Crippen LogP contribution in [0, 0.1) is 0 Å². The average molecular weight is 550 g/mol. The molecule has 2 aliphatic rings. The van der Waals surface area contributed by atoms with E-state index in [1.807, 2.05) is 37.4 Å². The molecule has 0 bridgehead atoms. The summed E-state index contributed by atoms with van der Waals surface area (Å²) in [5.41, 5.74) is 1.24. The lowest BCUT2D eigenvalue weighted by Gasteiger charge is -2.27. The van der Waals surface area contributed by atoms with Crippen molar-refractivity contribution in [3.05, 3.63) is 65.7 Å². The van der Waals surface area contributed by atoms with E-state index in [2.05, 4.69) is 20.9 Å². The molecule has 10 heteroatoms. The van der Waals surface area contributed by atoms with E-state index in [1.165, 1.54) is 0 Å². The van der Waals surface area contributed by atoms with Crippen LogP contribution in [0.25, 0.3) is 0 Å². The molecule has 4 amide bonds. The molecular weight excluding hydrogens is 510 g/mol. The van der Waals surface area contributed by atoms with Gasteiger partial charge in [0.25, 0.3) is 5.91 Å². The molecule has 2 aromatic rings. The molecule has 0 radical (unpaired) electrons. The van der Waals surface area contributed by atoms with Gasteiger partial charge in [0.05, 0.1) is 12.2 Å². The van der Waals surface area contributed by atoms with Crippen molar-refractivity contribution in [2.75, 3.05) is 46.4 Å². The van der Waals surface area contributed by atoms with E-state index < -0.39 is 18.0 Å². The number of nitrogens with zero attached hydrogens (tertiary/aromatic N) is 2. The largest absolute Gasteiger partial charge is 0.493 e. The Balaban J connectivity index is 1.55. The van der Waals surface area contributed by atoms with Gasteiger partial charge in [-0.05, 0) is 50.6 Å². The van der Waals surface area contributed by atoms with Crippen molar-refractivity contribution in [1.29, 1.82) is 0 Å². The molecule has 2 aromatic carbocycles. The highest BCUT2D eigenvalue weighted by Gasteiger charge is 2.30. The predicted molar refractivity (Wildman–Crippen MR) is 151 cm³/mol. The van der Waals surface area contributed by atoms with Crippen LogP contribution in [0.15, 0.2) is 54.6 Å². The number of fused-ring (bicyclic) bond motifs is 1. The topological polar surface area (TPSA) is 120 Å². The molecule has 0 saturated carbocycles. The van der Waals surface area contributed by atoms with Gasteiger partial charge >= 0.3 is 0 Å². The third kappa shape index (κ3) is 8.29. The fourth-order valence-electron chi connectivity index (χ4n) is 4.95. The van der Waals surface area contributed by atoms with Gasteiger partial charge in [-0.2, -0.15) is 0 Å². The SMILES string of the molecule is CN1CCCN(C(=O)[C@@H]2CCC(=O)N[C@@H](Cc3ccccc3)C(=O)NCCCOc3ccccc3C(=O)N2)CC1. The summed E-state index contributed by atoms with van der Waals surface area (Å²) in [7, 11) is 2.02. The minimum Gasteiger partial charge on any atom is -0.493 e. The normalized spacial score (nSPS) is 22.1. The molecule has 4 rings (SSSR count). The molecule has 0 aliphatic carbocycles. The van der Waals surface area contributed by atoms with E-state index in [0.717, 1.165) is 25.1 Å². The molecule has 2 heterocycles. The smallest absolute Gasteiger partial charge is 0.255 e. The Morgan fingerprint density at radius 1 is 0.925 bits per heavy atom. The van der Waals surface area contributed by atoms with Gasteiger partial charge in [0.1, 0.15) is 17.8 Å². The van der Waals surface area contributed by atoms with Crippen LogP contribution in [0.3, 0.4) is 0 Å². The maximum Gasteiger partial charge on any atom is 0.255 e. The number of nitrogens with one attached hydrogen (secondary N) is 3.